The van der Waals surface area contributed by atoms with Gasteiger partial charge in [-0.3, -0.25) is 4.98 Å². The van der Waals surface area contributed by atoms with E-state index < -0.39 is 0 Å². The molecule has 0 unspecified atom stereocenters. The number of fused-ring (bicyclic) bond motifs is 1. The summed E-state index contributed by atoms with van der Waals surface area (Å²) in [5.74, 6) is -0.381. The maximum atomic E-state index is 13.5. The molecule has 0 spiro atoms. The largest absolute Gasteiger partial charge is 0.392 e. The van der Waals surface area contributed by atoms with Gasteiger partial charge in [-0.15, -0.1) is 0 Å². The van der Waals surface area contributed by atoms with E-state index in [0.717, 1.165) is 0 Å². The van der Waals surface area contributed by atoms with E-state index in [1.807, 2.05) is 0 Å². The second-order valence-electron chi connectivity index (χ2n) is 2.77. The van der Waals surface area contributed by atoms with E-state index >= 15 is 0 Å². The Hall–Kier alpha value is -1.48. The molecule has 1 aromatic carbocycles. The monoisotopic (exact) mass is 177 g/mol. The number of hydrogen-bond donors (Lipinski definition) is 1. The molecule has 0 fully saturated rings. The molecule has 3 heteroatoms. The molecular formula is C10H8FNO. The summed E-state index contributed by atoms with van der Waals surface area (Å²) in [6.45, 7) is -0.281. The predicted octanol–water partition coefficient (Wildman–Crippen LogP) is 1.87. The summed E-state index contributed by atoms with van der Waals surface area (Å²) >= 11 is 0. The Morgan fingerprint density at radius 3 is 2.92 bits per heavy atom. The number of hydrogen-bond acceptors (Lipinski definition) is 2. The first-order valence-electron chi connectivity index (χ1n) is 3.96. The van der Waals surface area contributed by atoms with Crippen LogP contribution in [0.3, 0.4) is 0 Å². The van der Waals surface area contributed by atoms with Crippen molar-refractivity contribution < 1.29 is 9.50 Å². The SMILES string of the molecule is OCc1ccc2ncccc2c1F. The summed E-state index contributed by atoms with van der Waals surface area (Å²) in [5.41, 5.74) is 0.915. The van der Waals surface area contributed by atoms with Gasteiger partial charge in [0.05, 0.1) is 12.1 Å². The summed E-state index contributed by atoms with van der Waals surface area (Å²) in [6, 6.07) is 6.57. The lowest BCUT2D eigenvalue weighted by molar-refractivity contribution is 0.276. The molecule has 1 N–H and O–H groups in total. The van der Waals surface area contributed by atoms with Gasteiger partial charge in [0.25, 0.3) is 0 Å². The van der Waals surface area contributed by atoms with Gasteiger partial charge in [0, 0.05) is 17.1 Å². The van der Waals surface area contributed by atoms with Gasteiger partial charge in [0.15, 0.2) is 0 Å². The first kappa shape index (κ1) is 8.13. The topological polar surface area (TPSA) is 33.1 Å². The summed E-state index contributed by atoms with van der Waals surface area (Å²) < 4.78 is 13.5. The lowest BCUT2D eigenvalue weighted by Gasteiger charge is -2.02. The van der Waals surface area contributed by atoms with Crippen molar-refractivity contribution in [3.05, 3.63) is 41.8 Å². The molecule has 2 aromatic rings. The molecule has 1 aromatic heterocycles. The number of halogens is 1. The fourth-order valence-corrected chi connectivity index (χ4v) is 1.28. The number of benzene rings is 1. The van der Waals surface area contributed by atoms with E-state index in [-0.39, 0.29) is 12.4 Å². The van der Waals surface area contributed by atoms with E-state index in [1.54, 1.807) is 30.5 Å². The fraction of sp³-hybridized carbons (Fsp3) is 0.100. The van der Waals surface area contributed by atoms with Crippen molar-refractivity contribution in [3.8, 4) is 0 Å². The standard InChI is InChI=1S/C10H8FNO/c11-10-7(6-13)3-4-9-8(10)2-1-5-12-9/h1-5,13H,6H2. The third-order valence-electron chi connectivity index (χ3n) is 1.97. The second kappa shape index (κ2) is 3.11. The minimum atomic E-state index is -0.381. The number of aliphatic hydroxyl groups excluding tert-OH is 1. The molecule has 0 saturated heterocycles. The molecule has 1 heterocycles. The summed E-state index contributed by atoms with van der Waals surface area (Å²) in [6.07, 6.45) is 1.61. The third-order valence-corrected chi connectivity index (χ3v) is 1.97. The van der Waals surface area contributed by atoms with Gasteiger partial charge in [-0.2, -0.15) is 0 Å². The Balaban J connectivity index is 2.79. The molecule has 2 rings (SSSR count). The first-order chi connectivity index (χ1) is 6.33. The smallest absolute Gasteiger partial charge is 0.138 e. The average molecular weight is 177 g/mol. The quantitative estimate of drug-likeness (QED) is 0.721. The van der Waals surface area contributed by atoms with Gasteiger partial charge in [0.1, 0.15) is 5.82 Å². The predicted molar refractivity (Wildman–Crippen MR) is 47.6 cm³/mol. The lowest BCUT2D eigenvalue weighted by atomic mass is 10.1. The van der Waals surface area contributed by atoms with Gasteiger partial charge in [-0.05, 0) is 18.2 Å². The highest BCUT2D eigenvalue weighted by Gasteiger charge is 2.05. The van der Waals surface area contributed by atoms with Crippen molar-refractivity contribution in [2.75, 3.05) is 0 Å². The molecule has 0 saturated carbocycles. The van der Waals surface area contributed by atoms with E-state index in [1.165, 1.54) is 0 Å². The highest BCUT2D eigenvalue weighted by molar-refractivity contribution is 5.79. The van der Waals surface area contributed by atoms with Crippen LogP contribution < -0.4 is 0 Å². The zero-order chi connectivity index (χ0) is 9.26. The van der Waals surface area contributed by atoms with Gasteiger partial charge in [-0.25, -0.2) is 4.39 Å². The maximum absolute atomic E-state index is 13.5. The zero-order valence-electron chi connectivity index (χ0n) is 6.87. The van der Waals surface area contributed by atoms with Crippen LogP contribution in [0.2, 0.25) is 0 Å². The van der Waals surface area contributed by atoms with Gasteiger partial charge < -0.3 is 5.11 Å². The van der Waals surface area contributed by atoms with E-state index in [2.05, 4.69) is 4.98 Å². The minimum Gasteiger partial charge on any atom is -0.392 e. The third kappa shape index (κ3) is 1.27. The van der Waals surface area contributed by atoms with E-state index in [0.29, 0.717) is 16.5 Å². The second-order valence-corrected chi connectivity index (χ2v) is 2.77. The normalized spacial score (nSPS) is 10.6. The maximum Gasteiger partial charge on any atom is 0.138 e. The van der Waals surface area contributed by atoms with Crippen LogP contribution in [0, 0.1) is 5.82 Å². The van der Waals surface area contributed by atoms with Gasteiger partial charge in [-0.1, -0.05) is 6.07 Å². The van der Waals surface area contributed by atoms with Crippen LogP contribution in [0.25, 0.3) is 10.9 Å². The number of aliphatic hydroxyl groups is 1. The fourth-order valence-electron chi connectivity index (χ4n) is 1.28. The number of pyridine rings is 1. The van der Waals surface area contributed by atoms with Crippen molar-refractivity contribution >= 4 is 10.9 Å². The molecule has 13 heavy (non-hydrogen) atoms. The molecule has 0 radical (unpaired) electrons. The Labute approximate surface area is 74.7 Å². The molecule has 0 atom stereocenters. The Morgan fingerprint density at radius 1 is 1.31 bits per heavy atom. The highest BCUT2D eigenvalue weighted by atomic mass is 19.1. The summed E-state index contributed by atoms with van der Waals surface area (Å²) in [4.78, 5) is 4.00. The van der Waals surface area contributed by atoms with Crippen molar-refractivity contribution in [1.82, 2.24) is 4.98 Å². The van der Waals surface area contributed by atoms with Crippen LogP contribution in [0.1, 0.15) is 5.56 Å². The molecule has 0 aliphatic carbocycles. The first-order valence-corrected chi connectivity index (χ1v) is 3.96. The molecule has 0 amide bonds. The zero-order valence-corrected chi connectivity index (χ0v) is 6.87. The molecule has 66 valence electrons. The van der Waals surface area contributed by atoms with Crippen LogP contribution in [-0.4, -0.2) is 10.1 Å². The highest BCUT2D eigenvalue weighted by Crippen LogP contribution is 2.18. The summed E-state index contributed by atoms with van der Waals surface area (Å²) in [5, 5.41) is 9.27. The van der Waals surface area contributed by atoms with Crippen molar-refractivity contribution in [3.63, 3.8) is 0 Å². The lowest BCUT2D eigenvalue weighted by Crippen LogP contribution is -1.91. The van der Waals surface area contributed by atoms with Gasteiger partial charge in [0.2, 0.25) is 0 Å². The molecule has 0 bridgehead atoms. The number of aromatic nitrogens is 1. The van der Waals surface area contributed by atoms with Crippen LogP contribution in [-0.2, 0) is 6.61 Å². The minimum absolute atomic E-state index is 0.281. The van der Waals surface area contributed by atoms with Crippen LogP contribution in [0.15, 0.2) is 30.5 Å². The number of rotatable bonds is 1. The van der Waals surface area contributed by atoms with Crippen LogP contribution in [0.5, 0.6) is 0 Å². The molecule has 2 nitrogen and oxygen atoms in total. The van der Waals surface area contributed by atoms with Gasteiger partial charge >= 0.3 is 0 Å². The van der Waals surface area contributed by atoms with Crippen molar-refractivity contribution in [2.24, 2.45) is 0 Å². The van der Waals surface area contributed by atoms with Crippen LogP contribution in [0.4, 0.5) is 4.39 Å². The Kier molecular flexibility index (Phi) is 1.94. The molecule has 0 aliphatic rings. The van der Waals surface area contributed by atoms with Crippen LogP contribution >= 0.6 is 0 Å². The summed E-state index contributed by atoms with van der Waals surface area (Å²) in [7, 11) is 0. The van der Waals surface area contributed by atoms with E-state index in [9.17, 15) is 4.39 Å². The number of nitrogens with zero attached hydrogens (tertiary/aromatic N) is 1. The van der Waals surface area contributed by atoms with Crippen molar-refractivity contribution in [1.29, 1.82) is 0 Å². The van der Waals surface area contributed by atoms with E-state index in [4.69, 9.17) is 5.11 Å². The Morgan fingerprint density at radius 2 is 2.15 bits per heavy atom. The van der Waals surface area contributed by atoms with Crippen molar-refractivity contribution in [2.45, 2.75) is 6.61 Å². The molecule has 0 aliphatic heterocycles. The Bertz CT molecular complexity index is 442. The average Bonchev–Trinajstić information content (AvgIpc) is 2.19. The molecular weight excluding hydrogens is 169 g/mol.